The molecule has 0 unspecified atom stereocenters. The van der Waals surface area contributed by atoms with E-state index in [0.717, 1.165) is 0 Å². The van der Waals surface area contributed by atoms with Crippen molar-refractivity contribution in [2.24, 2.45) is 5.34 Å². The van der Waals surface area contributed by atoms with E-state index in [1.54, 1.807) is 0 Å². The van der Waals surface area contributed by atoms with Crippen LogP contribution >= 0.6 is 0 Å². The number of halogens is 2. The molecule has 0 spiro atoms. The minimum absolute atomic E-state index is 0.0154. The van der Waals surface area contributed by atoms with Gasteiger partial charge in [-0.1, -0.05) is 0 Å². The molecule has 3 nitrogen and oxygen atoms in total. The Hall–Kier alpha value is -0.523. The number of rotatable bonds is 0. The van der Waals surface area contributed by atoms with Crippen LogP contribution in [0.2, 0.25) is 0 Å². The molecular formula is CH5F2NO2Si. The van der Waals surface area contributed by atoms with Crippen LogP contribution in [0, 0.1) is 4.91 Å². The van der Waals surface area contributed by atoms with Gasteiger partial charge in [-0.25, -0.2) is 8.78 Å². The topological polar surface area (TPSA) is 49.7 Å². The molecule has 0 saturated carbocycles. The van der Waals surface area contributed by atoms with Crippen LogP contribution in [0.5, 0.6) is 0 Å². The van der Waals surface area contributed by atoms with E-state index in [2.05, 4.69) is 0 Å². The quantitative estimate of drug-likeness (QED) is 0.278. The maximum Gasteiger partial charge on any atom is 0.210 e. The second-order valence-corrected chi connectivity index (χ2v) is 1.47. The third kappa shape index (κ3) is 242. The van der Waals surface area contributed by atoms with Gasteiger partial charge in [0, 0.05) is 0 Å². The van der Waals surface area contributed by atoms with Crippen LogP contribution in [-0.4, -0.2) is 21.5 Å². The zero-order chi connectivity index (χ0) is 6.28. The van der Waals surface area contributed by atoms with E-state index < -0.39 is 6.05 Å². The Bertz CT molecular complexity index is 39.9. The Balaban J connectivity index is 0. The Morgan fingerprint density at radius 1 is 1.71 bits per heavy atom. The van der Waals surface area contributed by atoms with Crippen molar-refractivity contribution in [3.05, 3.63) is 4.91 Å². The molecule has 0 amide bonds. The van der Waals surface area contributed by atoms with E-state index in [1.165, 1.54) is 5.34 Å². The molecule has 7 heavy (non-hydrogen) atoms. The number of nitrogens with zero attached hydrogens (tertiary/aromatic N) is 1. The molecule has 0 aliphatic heterocycles. The highest BCUT2D eigenvalue weighted by Crippen LogP contribution is 1.76. The lowest BCUT2D eigenvalue weighted by Gasteiger charge is -1.70. The van der Waals surface area contributed by atoms with Crippen molar-refractivity contribution < 1.29 is 14.0 Å². The Labute approximate surface area is 41.7 Å². The average Bonchev–Trinajstić information content (AvgIpc) is 1.33. The predicted octanol–water partition coefficient (Wildman–Crippen LogP) is -0.284. The number of hydrogen-bond acceptors (Lipinski definition) is 2. The summed E-state index contributed by atoms with van der Waals surface area (Å²) in [5, 5.41) is 7.89. The third-order valence-electron chi connectivity index (χ3n) is 0. The first-order valence-corrected chi connectivity index (χ1v) is 2.55. The minimum Gasteiger partial charge on any atom is -0.379 e. The molecule has 0 fully saturated rings. The summed E-state index contributed by atoms with van der Waals surface area (Å²) < 4.78 is 20.8. The highest BCUT2D eigenvalue weighted by atomic mass is 28.1. The van der Waals surface area contributed by atoms with E-state index in [-0.39, 0.29) is 10.2 Å². The third-order valence-corrected chi connectivity index (χ3v) is 0. The van der Waals surface area contributed by atoms with Crippen LogP contribution in [0.15, 0.2) is 5.34 Å². The molecule has 0 saturated heterocycles. The molecule has 0 rings (SSSR count). The lowest BCUT2D eigenvalue weighted by atomic mass is 11.7. The molecule has 0 aliphatic rings. The molecule has 0 radical (unpaired) electrons. The van der Waals surface area contributed by atoms with Gasteiger partial charge < -0.3 is 5.21 Å². The van der Waals surface area contributed by atoms with E-state index in [9.17, 15) is 8.78 Å². The van der Waals surface area contributed by atoms with Gasteiger partial charge in [0.1, 0.15) is 0 Å². The lowest BCUT2D eigenvalue weighted by molar-refractivity contribution is 0.242. The van der Waals surface area contributed by atoms with E-state index in [4.69, 9.17) is 10.1 Å². The first-order chi connectivity index (χ1) is 3.15. The van der Waals surface area contributed by atoms with E-state index in [0.29, 0.717) is 0 Å². The summed E-state index contributed by atoms with van der Waals surface area (Å²) in [6, 6.07) is -2.03. The Morgan fingerprint density at radius 3 is 1.71 bits per heavy atom. The summed E-state index contributed by atoms with van der Waals surface area (Å²) in [7, 11) is 0.0154. The minimum atomic E-state index is -2.03. The summed E-state index contributed by atoms with van der Waals surface area (Å²) in [5.74, 6) is 0. The zero-order valence-electron chi connectivity index (χ0n) is 3.64. The molecule has 0 bridgehead atoms. The fraction of sp³-hybridized carbons (Fsp3) is 1.00. The van der Waals surface area contributed by atoms with Crippen LogP contribution in [0.25, 0.3) is 0 Å². The van der Waals surface area contributed by atoms with Gasteiger partial charge in [0.15, 0.2) is 5.34 Å². The molecule has 6 heteroatoms. The number of alkyl halides is 2. The Morgan fingerprint density at radius 2 is 1.71 bits per heavy atom. The zero-order valence-corrected chi connectivity index (χ0v) is 5.64. The first kappa shape index (κ1) is 9.69. The highest BCUT2D eigenvalue weighted by Gasteiger charge is 1.79. The molecule has 0 heterocycles. The summed E-state index contributed by atoms with van der Waals surface area (Å²) in [6.07, 6.45) is 0. The van der Waals surface area contributed by atoms with Crippen molar-refractivity contribution in [3.8, 4) is 0 Å². The molecule has 0 aromatic heterocycles. The van der Waals surface area contributed by atoms with Gasteiger partial charge in [-0.15, -0.1) is 4.91 Å². The summed E-state index contributed by atoms with van der Waals surface area (Å²) >= 11 is 0. The SMILES string of the molecule is FC(F)[SiH3].O=NO. The van der Waals surface area contributed by atoms with Crippen molar-refractivity contribution in [1.29, 1.82) is 0 Å². The van der Waals surface area contributed by atoms with Crippen LogP contribution in [0.4, 0.5) is 8.78 Å². The second-order valence-electron chi connectivity index (χ2n) is 0.601. The normalized spacial score (nSPS) is 7.29. The Kier molecular flexibility index (Phi) is 12.6. The lowest BCUT2D eigenvalue weighted by Crippen LogP contribution is -1.80. The van der Waals surface area contributed by atoms with Gasteiger partial charge in [0.2, 0.25) is 6.05 Å². The fourth-order valence-corrected chi connectivity index (χ4v) is 0. The largest absolute Gasteiger partial charge is 0.379 e. The molecule has 0 aromatic carbocycles. The molecule has 1 N–H and O–H groups in total. The standard InChI is InChI=1S/CH4F2Si.HNO2/c2-1(3)4;2-1-3/h1H,4H3;(H,2,3). The predicted molar refractivity (Wildman–Crippen MR) is 23.5 cm³/mol. The molecule has 44 valence electrons. The first-order valence-electron chi connectivity index (χ1n) is 1.40. The summed E-state index contributed by atoms with van der Waals surface area (Å²) in [4.78, 5) is 8.11. The van der Waals surface area contributed by atoms with Crippen LogP contribution < -0.4 is 0 Å². The maximum absolute atomic E-state index is 10.4. The van der Waals surface area contributed by atoms with Crippen molar-refractivity contribution >= 4 is 10.2 Å². The maximum atomic E-state index is 10.4. The molecule has 0 aliphatic carbocycles. The van der Waals surface area contributed by atoms with Crippen LogP contribution in [-0.2, 0) is 0 Å². The van der Waals surface area contributed by atoms with Crippen molar-refractivity contribution in [2.75, 3.05) is 0 Å². The summed E-state index contributed by atoms with van der Waals surface area (Å²) in [5.41, 5.74) is 0. The van der Waals surface area contributed by atoms with E-state index in [1.807, 2.05) is 0 Å². The van der Waals surface area contributed by atoms with Crippen molar-refractivity contribution in [3.63, 3.8) is 0 Å². The summed E-state index contributed by atoms with van der Waals surface area (Å²) in [6.45, 7) is 0. The van der Waals surface area contributed by atoms with Gasteiger partial charge in [-0.2, -0.15) is 0 Å². The molecular weight excluding hydrogens is 124 g/mol. The van der Waals surface area contributed by atoms with Crippen LogP contribution in [0.1, 0.15) is 0 Å². The smallest absolute Gasteiger partial charge is 0.210 e. The van der Waals surface area contributed by atoms with Gasteiger partial charge in [0.25, 0.3) is 0 Å². The van der Waals surface area contributed by atoms with E-state index >= 15 is 0 Å². The number of hydrogen-bond donors (Lipinski definition) is 1. The van der Waals surface area contributed by atoms with Gasteiger partial charge in [0.05, 0.1) is 10.2 Å². The highest BCUT2D eigenvalue weighted by molar-refractivity contribution is 6.09. The second kappa shape index (κ2) is 9.08. The van der Waals surface area contributed by atoms with Crippen molar-refractivity contribution in [2.45, 2.75) is 6.05 Å². The van der Waals surface area contributed by atoms with Crippen LogP contribution in [0.3, 0.4) is 0 Å². The van der Waals surface area contributed by atoms with Gasteiger partial charge in [-0.3, -0.25) is 0 Å². The molecule has 0 aromatic rings. The van der Waals surface area contributed by atoms with Gasteiger partial charge in [-0.05, 0) is 0 Å². The average molecular weight is 129 g/mol. The fourth-order valence-electron chi connectivity index (χ4n) is 0. The monoisotopic (exact) mass is 129 g/mol. The van der Waals surface area contributed by atoms with Crippen molar-refractivity contribution in [1.82, 2.24) is 0 Å². The molecule has 0 atom stereocenters. The van der Waals surface area contributed by atoms with Gasteiger partial charge >= 0.3 is 0 Å².